The highest BCUT2D eigenvalue weighted by Crippen LogP contribution is 2.25. The molecule has 3 aromatic rings. The number of benzene rings is 1. The number of aromatic nitrogens is 4. The standard InChI is InChI=1S/C14H16N6O/c1-21-7-6-9-4-2-3-5-11(9)17-12-10-8-16-20-13(10)19-14(15)18-12/h2-5,8H,6-7H2,1H3,(H4,15,16,17,18,19,20). The van der Waals surface area contributed by atoms with E-state index in [1.165, 1.54) is 0 Å². The van der Waals surface area contributed by atoms with Crippen LogP contribution in [0.2, 0.25) is 0 Å². The van der Waals surface area contributed by atoms with Crippen molar-refractivity contribution in [2.45, 2.75) is 6.42 Å². The minimum Gasteiger partial charge on any atom is -0.384 e. The van der Waals surface area contributed by atoms with Crippen LogP contribution in [0, 0.1) is 0 Å². The number of hydrogen-bond donors (Lipinski definition) is 3. The minimum atomic E-state index is 0.198. The highest BCUT2D eigenvalue weighted by Gasteiger charge is 2.10. The Hall–Kier alpha value is -2.67. The lowest BCUT2D eigenvalue weighted by atomic mass is 10.1. The van der Waals surface area contributed by atoms with Crippen LogP contribution in [0.15, 0.2) is 30.5 Å². The SMILES string of the molecule is COCCc1ccccc1Nc1nc(N)nc2[nH]ncc12. The number of H-pyrrole nitrogens is 1. The van der Waals surface area contributed by atoms with Gasteiger partial charge in [-0.2, -0.15) is 15.1 Å². The molecule has 4 N–H and O–H groups in total. The molecule has 0 atom stereocenters. The summed E-state index contributed by atoms with van der Waals surface area (Å²) >= 11 is 0. The monoisotopic (exact) mass is 284 g/mol. The Labute approximate surface area is 121 Å². The van der Waals surface area contributed by atoms with Crippen LogP contribution in [-0.4, -0.2) is 33.9 Å². The Kier molecular flexibility index (Phi) is 3.65. The third-order valence-corrected chi connectivity index (χ3v) is 3.17. The number of rotatable bonds is 5. The van der Waals surface area contributed by atoms with Gasteiger partial charge in [0.05, 0.1) is 18.2 Å². The van der Waals surface area contributed by atoms with Gasteiger partial charge in [-0.05, 0) is 18.1 Å². The molecule has 0 bridgehead atoms. The van der Waals surface area contributed by atoms with Crippen LogP contribution in [0.5, 0.6) is 0 Å². The number of hydrogen-bond acceptors (Lipinski definition) is 6. The van der Waals surface area contributed by atoms with Gasteiger partial charge < -0.3 is 15.8 Å². The van der Waals surface area contributed by atoms with E-state index in [2.05, 4.69) is 31.5 Å². The highest BCUT2D eigenvalue weighted by atomic mass is 16.5. The molecule has 21 heavy (non-hydrogen) atoms. The third kappa shape index (κ3) is 2.77. The van der Waals surface area contributed by atoms with Gasteiger partial charge in [-0.15, -0.1) is 0 Å². The summed E-state index contributed by atoms with van der Waals surface area (Å²) in [5, 5.41) is 10.9. The zero-order valence-electron chi connectivity index (χ0n) is 11.6. The normalized spacial score (nSPS) is 10.9. The number of nitrogen functional groups attached to an aromatic ring is 1. The van der Waals surface area contributed by atoms with Crippen molar-refractivity contribution in [1.29, 1.82) is 0 Å². The number of fused-ring (bicyclic) bond motifs is 1. The van der Waals surface area contributed by atoms with Gasteiger partial charge in [0.25, 0.3) is 0 Å². The first-order valence-corrected chi connectivity index (χ1v) is 6.58. The quantitative estimate of drug-likeness (QED) is 0.661. The van der Waals surface area contributed by atoms with E-state index in [9.17, 15) is 0 Å². The second-order valence-corrected chi connectivity index (χ2v) is 4.59. The molecule has 2 heterocycles. The summed E-state index contributed by atoms with van der Waals surface area (Å²) in [6.45, 7) is 0.658. The van der Waals surface area contributed by atoms with Gasteiger partial charge >= 0.3 is 0 Å². The largest absolute Gasteiger partial charge is 0.384 e. The van der Waals surface area contributed by atoms with Crippen molar-refractivity contribution in [3.05, 3.63) is 36.0 Å². The Morgan fingerprint density at radius 3 is 3.00 bits per heavy atom. The van der Waals surface area contributed by atoms with E-state index in [1.54, 1.807) is 13.3 Å². The van der Waals surface area contributed by atoms with Crippen molar-refractivity contribution < 1.29 is 4.74 Å². The Balaban J connectivity index is 1.97. The van der Waals surface area contributed by atoms with Crippen LogP contribution in [0.3, 0.4) is 0 Å². The van der Waals surface area contributed by atoms with Gasteiger partial charge in [0.15, 0.2) is 5.65 Å². The molecule has 7 heteroatoms. The lowest BCUT2D eigenvalue weighted by Gasteiger charge is -2.12. The maximum absolute atomic E-state index is 5.73. The third-order valence-electron chi connectivity index (χ3n) is 3.17. The molecule has 0 aliphatic rings. The second-order valence-electron chi connectivity index (χ2n) is 4.59. The van der Waals surface area contributed by atoms with E-state index >= 15 is 0 Å². The van der Waals surface area contributed by atoms with Gasteiger partial charge in [0.2, 0.25) is 5.95 Å². The lowest BCUT2D eigenvalue weighted by molar-refractivity contribution is 0.202. The summed E-state index contributed by atoms with van der Waals surface area (Å²) < 4.78 is 5.14. The maximum Gasteiger partial charge on any atom is 0.224 e. The molecule has 108 valence electrons. The number of methoxy groups -OCH3 is 1. The molecule has 0 saturated carbocycles. The molecule has 0 aliphatic heterocycles. The summed E-state index contributed by atoms with van der Waals surface area (Å²) in [6, 6.07) is 8.02. The molecule has 0 fully saturated rings. The molecule has 0 radical (unpaired) electrons. The summed E-state index contributed by atoms with van der Waals surface area (Å²) in [4.78, 5) is 8.35. The fraction of sp³-hybridized carbons (Fsp3) is 0.214. The number of para-hydroxylation sites is 1. The fourth-order valence-electron chi connectivity index (χ4n) is 2.15. The molecule has 0 amide bonds. The lowest BCUT2D eigenvalue weighted by Crippen LogP contribution is -2.04. The van der Waals surface area contributed by atoms with Crippen molar-refractivity contribution in [3.63, 3.8) is 0 Å². The summed E-state index contributed by atoms with van der Waals surface area (Å²) in [6.07, 6.45) is 2.49. The first-order chi connectivity index (χ1) is 10.3. The van der Waals surface area contributed by atoms with Crippen molar-refractivity contribution in [1.82, 2.24) is 20.2 Å². The van der Waals surface area contributed by atoms with Gasteiger partial charge in [-0.25, -0.2) is 0 Å². The molecule has 0 saturated heterocycles. The molecule has 7 nitrogen and oxygen atoms in total. The molecular weight excluding hydrogens is 268 g/mol. The molecule has 1 aromatic carbocycles. The molecule has 2 aromatic heterocycles. The Morgan fingerprint density at radius 1 is 1.29 bits per heavy atom. The summed E-state index contributed by atoms with van der Waals surface area (Å²) in [5.41, 5.74) is 8.45. The zero-order valence-corrected chi connectivity index (χ0v) is 11.6. The van der Waals surface area contributed by atoms with Gasteiger partial charge in [-0.3, -0.25) is 5.10 Å². The number of nitrogens with one attached hydrogen (secondary N) is 2. The van der Waals surface area contributed by atoms with E-state index in [-0.39, 0.29) is 5.95 Å². The average molecular weight is 284 g/mol. The van der Waals surface area contributed by atoms with Crippen molar-refractivity contribution in [3.8, 4) is 0 Å². The molecule has 3 rings (SSSR count). The van der Waals surface area contributed by atoms with E-state index in [4.69, 9.17) is 10.5 Å². The van der Waals surface area contributed by atoms with Crippen molar-refractivity contribution in [2.75, 3.05) is 24.8 Å². The Bertz CT molecular complexity index is 754. The van der Waals surface area contributed by atoms with Crippen LogP contribution in [0.1, 0.15) is 5.56 Å². The highest BCUT2D eigenvalue weighted by molar-refractivity contribution is 5.89. The van der Waals surface area contributed by atoms with E-state index < -0.39 is 0 Å². The molecular formula is C14H16N6O. The number of anilines is 3. The summed E-state index contributed by atoms with van der Waals surface area (Å²) in [7, 11) is 1.69. The van der Waals surface area contributed by atoms with Crippen LogP contribution in [0.4, 0.5) is 17.5 Å². The number of ether oxygens (including phenoxy) is 1. The number of nitrogens with two attached hydrogens (primary N) is 1. The fourth-order valence-corrected chi connectivity index (χ4v) is 2.15. The minimum absolute atomic E-state index is 0.198. The van der Waals surface area contributed by atoms with Crippen molar-refractivity contribution >= 4 is 28.5 Å². The van der Waals surface area contributed by atoms with E-state index in [1.807, 2.05) is 18.2 Å². The molecule has 0 aliphatic carbocycles. The van der Waals surface area contributed by atoms with E-state index in [0.717, 1.165) is 23.1 Å². The van der Waals surface area contributed by atoms with Gasteiger partial charge in [0, 0.05) is 12.8 Å². The molecule has 0 unspecified atom stereocenters. The van der Waals surface area contributed by atoms with Gasteiger partial charge in [-0.1, -0.05) is 18.2 Å². The number of nitrogens with zero attached hydrogens (tertiary/aromatic N) is 3. The van der Waals surface area contributed by atoms with Crippen molar-refractivity contribution in [2.24, 2.45) is 0 Å². The predicted octanol–water partition coefficient (Wildman–Crippen LogP) is 1.87. The van der Waals surface area contributed by atoms with Crippen LogP contribution >= 0.6 is 0 Å². The summed E-state index contributed by atoms with van der Waals surface area (Å²) in [5.74, 6) is 0.833. The van der Waals surface area contributed by atoms with Crippen LogP contribution in [0.25, 0.3) is 11.0 Å². The Morgan fingerprint density at radius 2 is 2.14 bits per heavy atom. The second kappa shape index (κ2) is 5.76. The van der Waals surface area contributed by atoms with Crippen LogP contribution in [-0.2, 0) is 11.2 Å². The predicted molar refractivity (Wildman–Crippen MR) is 81.4 cm³/mol. The number of aromatic amines is 1. The average Bonchev–Trinajstić information content (AvgIpc) is 2.94. The smallest absolute Gasteiger partial charge is 0.224 e. The van der Waals surface area contributed by atoms with Gasteiger partial charge in [0.1, 0.15) is 5.82 Å². The van der Waals surface area contributed by atoms with Crippen LogP contribution < -0.4 is 11.1 Å². The zero-order chi connectivity index (χ0) is 14.7. The van der Waals surface area contributed by atoms with E-state index in [0.29, 0.717) is 18.1 Å². The topological polar surface area (TPSA) is 102 Å². The first kappa shape index (κ1) is 13.3. The first-order valence-electron chi connectivity index (χ1n) is 6.58. The maximum atomic E-state index is 5.73. The molecule has 0 spiro atoms.